The number of fused-ring (bicyclic) bond motifs is 1. The standard InChI is InChI=1S/C23H22FN7O4/c1-13-16(24)8-14(9-17(13)27-21(33)18-10-26-19-4-2-3-6-31(18)19)20-28-22(35-29-20)15-11-30(12-15)23(34)25-5-7-32/h2-4,6,8-10,15,32H,5,7,11-12H2,1H3,(H,25,34)(H,27,33). The van der Waals surface area contributed by atoms with E-state index in [2.05, 4.69) is 25.8 Å². The summed E-state index contributed by atoms with van der Waals surface area (Å²) in [6.45, 7) is 2.39. The molecule has 0 unspecified atom stereocenters. The third-order valence-corrected chi connectivity index (χ3v) is 5.85. The molecule has 0 bridgehead atoms. The van der Waals surface area contributed by atoms with E-state index in [-0.39, 0.29) is 42.2 Å². The molecule has 1 fully saturated rings. The zero-order chi connectivity index (χ0) is 24.5. The Bertz CT molecular complexity index is 1410. The molecule has 180 valence electrons. The Balaban J connectivity index is 1.32. The van der Waals surface area contributed by atoms with Crippen molar-refractivity contribution in [3.8, 4) is 11.4 Å². The minimum absolute atomic E-state index is 0.134. The van der Waals surface area contributed by atoms with Gasteiger partial charge in [-0.05, 0) is 31.2 Å². The molecule has 0 aliphatic carbocycles. The third kappa shape index (κ3) is 4.30. The number of carbonyl (C=O) groups is 2. The molecule has 3 aromatic heterocycles. The molecule has 11 nitrogen and oxygen atoms in total. The van der Waals surface area contributed by atoms with Crippen LogP contribution in [-0.2, 0) is 0 Å². The van der Waals surface area contributed by atoms with Crippen molar-refractivity contribution in [1.82, 2.24) is 29.7 Å². The number of rotatable bonds is 6. The second-order valence-electron chi connectivity index (χ2n) is 8.17. The van der Waals surface area contributed by atoms with Crippen LogP contribution in [0.15, 0.2) is 47.2 Å². The average molecular weight is 479 g/mol. The number of hydrogen-bond acceptors (Lipinski definition) is 7. The van der Waals surface area contributed by atoms with E-state index in [1.54, 1.807) is 40.6 Å². The number of aromatic nitrogens is 4. The lowest BCUT2D eigenvalue weighted by atomic mass is 10.0. The Morgan fingerprint density at radius 3 is 2.91 bits per heavy atom. The minimum Gasteiger partial charge on any atom is -0.395 e. The largest absolute Gasteiger partial charge is 0.395 e. The van der Waals surface area contributed by atoms with E-state index in [1.807, 2.05) is 6.07 Å². The van der Waals surface area contributed by atoms with E-state index in [0.717, 1.165) is 0 Å². The summed E-state index contributed by atoms with van der Waals surface area (Å²) < 4.78 is 21.7. The average Bonchev–Trinajstić information content (AvgIpc) is 3.47. The number of carbonyl (C=O) groups excluding carboxylic acids is 2. The van der Waals surface area contributed by atoms with Crippen LogP contribution in [0.2, 0.25) is 0 Å². The number of nitrogens with one attached hydrogen (secondary N) is 2. The summed E-state index contributed by atoms with van der Waals surface area (Å²) >= 11 is 0. The van der Waals surface area contributed by atoms with Crippen LogP contribution in [-0.4, -0.2) is 67.7 Å². The molecule has 0 saturated carbocycles. The van der Waals surface area contributed by atoms with Gasteiger partial charge >= 0.3 is 6.03 Å². The van der Waals surface area contributed by atoms with E-state index in [1.165, 1.54) is 12.3 Å². The van der Waals surface area contributed by atoms with Crippen molar-refractivity contribution >= 4 is 23.3 Å². The Labute approximate surface area is 198 Å². The van der Waals surface area contributed by atoms with Crippen LogP contribution in [0.1, 0.15) is 27.9 Å². The molecule has 12 heteroatoms. The summed E-state index contributed by atoms with van der Waals surface area (Å²) in [5.41, 5.74) is 1.81. The second-order valence-corrected chi connectivity index (χ2v) is 8.17. The number of urea groups is 1. The predicted molar refractivity (Wildman–Crippen MR) is 122 cm³/mol. The summed E-state index contributed by atoms with van der Waals surface area (Å²) in [6, 6.07) is 7.97. The van der Waals surface area contributed by atoms with Gasteiger partial charge in [-0.2, -0.15) is 4.98 Å². The number of nitrogens with zero attached hydrogens (tertiary/aromatic N) is 5. The van der Waals surface area contributed by atoms with E-state index >= 15 is 0 Å². The highest BCUT2D eigenvalue weighted by Gasteiger charge is 2.35. The normalized spacial score (nSPS) is 13.6. The molecule has 0 spiro atoms. The van der Waals surface area contributed by atoms with Crippen LogP contribution >= 0.6 is 0 Å². The van der Waals surface area contributed by atoms with Gasteiger partial charge in [0.05, 0.1) is 18.7 Å². The number of benzene rings is 1. The Kier molecular flexibility index (Phi) is 5.87. The maximum Gasteiger partial charge on any atom is 0.317 e. The second kappa shape index (κ2) is 9.14. The number of amides is 3. The number of anilines is 1. The molecule has 1 saturated heterocycles. The first-order chi connectivity index (χ1) is 16.9. The van der Waals surface area contributed by atoms with Gasteiger partial charge in [0.15, 0.2) is 0 Å². The first kappa shape index (κ1) is 22.5. The fourth-order valence-electron chi connectivity index (χ4n) is 3.82. The first-order valence-electron chi connectivity index (χ1n) is 11.0. The molecule has 0 radical (unpaired) electrons. The van der Waals surface area contributed by atoms with Crippen LogP contribution in [0.3, 0.4) is 0 Å². The van der Waals surface area contributed by atoms with E-state index in [4.69, 9.17) is 9.63 Å². The Morgan fingerprint density at radius 2 is 2.11 bits per heavy atom. The summed E-state index contributed by atoms with van der Waals surface area (Å²) in [7, 11) is 0. The molecule has 5 rings (SSSR count). The van der Waals surface area contributed by atoms with E-state index in [0.29, 0.717) is 35.9 Å². The monoisotopic (exact) mass is 479 g/mol. The molecule has 1 aliphatic rings. The molecule has 1 aliphatic heterocycles. The maximum absolute atomic E-state index is 14.7. The lowest BCUT2D eigenvalue weighted by Crippen LogP contribution is -2.53. The number of pyridine rings is 1. The lowest BCUT2D eigenvalue weighted by molar-refractivity contribution is 0.102. The number of aliphatic hydroxyl groups is 1. The molecular formula is C23H22FN7O4. The van der Waals surface area contributed by atoms with Gasteiger partial charge in [-0.1, -0.05) is 11.2 Å². The van der Waals surface area contributed by atoms with Gasteiger partial charge in [0.2, 0.25) is 11.7 Å². The zero-order valence-corrected chi connectivity index (χ0v) is 18.7. The lowest BCUT2D eigenvalue weighted by Gasteiger charge is -2.36. The van der Waals surface area contributed by atoms with Crippen LogP contribution in [0.5, 0.6) is 0 Å². The quantitative estimate of drug-likeness (QED) is 0.385. The summed E-state index contributed by atoms with van der Waals surface area (Å²) in [6.07, 6.45) is 3.18. The Morgan fingerprint density at radius 1 is 1.29 bits per heavy atom. The minimum atomic E-state index is -0.530. The van der Waals surface area contributed by atoms with Gasteiger partial charge in [-0.3, -0.25) is 9.20 Å². The number of aliphatic hydroxyl groups excluding tert-OH is 1. The molecule has 1 aromatic carbocycles. The van der Waals surface area contributed by atoms with E-state index < -0.39 is 11.7 Å². The van der Waals surface area contributed by atoms with Crippen LogP contribution < -0.4 is 10.6 Å². The Hall–Kier alpha value is -4.32. The molecule has 3 N–H and O–H groups in total. The van der Waals surface area contributed by atoms with Crippen molar-refractivity contribution in [3.63, 3.8) is 0 Å². The van der Waals surface area contributed by atoms with Crippen molar-refractivity contribution in [2.75, 3.05) is 31.6 Å². The number of likely N-dealkylation sites (tertiary alicyclic amines) is 1. The fraction of sp³-hybridized carbons (Fsp3) is 0.261. The van der Waals surface area contributed by atoms with Crippen LogP contribution in [0, 0.1) is 12.7 Å². The van der Waals surface area contributed by atoms with Gasteiger partial charge in [0.25, 0.3) is 5.91 Å². The molecule has 4 heterocycles. The van der Waals surface area contributed by atoms with Crippen molar-refractivity contribution in [3.05, 3.63) is 65.7 Å². The SMILES string of the molecule is Cc1c(F)cc(-c2noc(C3CN(C(=O)NCCO)C3)n2)cc1NC(=O)c1cnc2ccccn12. The summed E-state index contributed by atoms with van der Waals surface area (Å²) in [4.78, 5) is 34.9. The highest BCUT2D eigenvalue weighted by Crippen LogP contribution is 2.30. The van der Waals surface area contributed by atoms with Gasteiger partial charge in [-0.25, -0.2) is 14.2 Å². The van der Waals surface area contributed by atoms with Gasteiger partial charge < -0.3 is 25.2 Å². The molecule has 4 aromatic rings. The first-order valence-corrected chi connectivity index (χ1v) is 11.0. The van der Waals surface area contributed by atoms with Crippen molar-refractivity contribution in [1.29, 1.82) is 0 Å². The summed E-state index contributed by atoms with van der Waals surface area (Å²) in [5, 5.41) is 18.1. The van der Waals surface area contributed by atoms with Crippen molar-refractivity contribution in [2.45, 2.75) is 12.8 Å². The smallest absolute Gasteiger partial charge is 0.317 e. The van der Waals surface area contributed by atoms with Gasteiger partial charge in [0.1, 0.15) is 17.2 Å². The summed E-state index contributed by atoms with van der Waals surface area (Å²) in [5.74, 6) is -0.597. The van der Waals surface area contributed by atoms with Gasteiger partial charge in [0, 0.05) is 42.6 Å². The van der Waals surface area contributed by atoms with Crippen molar-refractivity contribution in [2.24, 2.45) is 0 Å². The van der Waals surface area contributed by atoms with Crippen LogP contribution in [0.25, 0.3) is 17.0 Å². The number of imidazole rings is 1. The highest BCUT2D eigenvalue weighted by atomic mass is 19.1. The topological polar surface area (TPSA) is 138 Å². The highest BCUT2D eigenvalue weighted by molar-refractivity contribution is 6.04. The molecule has 35 heavy (non-hydrogen) atoms. The maximum atomic E-state index is 14.7. The molecule has 3 amide bonds. The van der Waals surface area contributed by atoms with Gasteiger partial charge in [-0.15, -0.1) is 0 Å². The third-order valence-electron chi connectivity index (χ3n) is 5.85. The zero-order valence-electron chi connectivity index (χ0n) is 18.7. The molecule has 0 atom stereocenters. The van der Waals surface area contributed by atoms with E-state index in [9.17, 15) is 14.0 Å². The number of hydrogen-bond donors (Lipinski definition) is 3. The number of halogens is 1. The van der Waals surface area contributed by atoms with Crippen molar-refractivity contribution < 1.29 is 23.6 Å². The fourth-order valence-corrected chi connectivity index (χ4v) is 3.82. The molecular weight excluding hydrogens is 457 g/mol. The van der Waals surface area contributed by atoms with Crippen LogP contribution in [0.4, 0.5) is 14.9 Å². The predicted octanol–water partition coefficient (Wildman–Crippen LogP) is 2.19.